The molecule has 26 heavy (non-hydrogen) atoms. The van der Waals surface area contributed by atoms with Gasteiger partial charge in [0.1, 0.15) is 5.75 Å². The first-order valence-electron chi connectivity index (χ1n) is 9.50. The molecule has 0 saturated heterocycles. The minimum atomic E-state index is -3.61. The molecule has 0 aromatic heterocycles. The molecule has 144 valence electrons. The van der Waals surface area contributed by atoms with Crippen LogP contribution in [-0.2, 0) is 21.2 Å². The molecule has 1 atom stereocenters. The van der Waals surface area contributed by atoms with Gasteiger partial charge in [-0.3, -0.25) is 4.79 Å². The molecule has 1 aromatic rings. The van der Waals surface area contributed by atoms with Crippen LogP contribution in [-0.4, -0.2) is 26.1 Å². The van der Waals surface area contributed by atoms with Gasteiger partial charge in [-0.15, -0.1) is 0 Å². The van der Waals surface area contributed by atoms with Crippen LogP contribution in [0.15, 0.2) is 18.2 Å². The zero-order valence-electron chi connectivity index (χ0n) is 15.3. The summed E-state index contributed by atoms with van der Waals surface area (Å²) in [6.45, 7) is 2.19. The first-order chi connectivity index (χ1) is 12.3. The summed E-state index contributed by atoms with van der Waals surface area (Å²) < 4.78 is 27.4. The van der Waals surface area contributed by atoms with E-state index < -0.39 is 21.7 Å². The van der Waals surface area contributed by atoms with E-state index in [0.29, 0.717) is 11.6 Å². The van der Waals surface area contributed by atoms with Crippen molar-refractivity contribution in [3.8, 4) is 0 Å². The normalized spacial score (nSPS) is 26.1. The van der Waals surface area contributed by atoms with Crippen LogP contribution < -0.4 is 15.8 Å². The highest BCUT2D eigenvalue weighted by Crippen LogP contribution is 2.31. The fourth-order valence-corrected chi connectivity index (χ4v) is 5.32. The number of nitrogen functional groups attached to an aromatic ring is 1. The lowest BCUT2D eigenvalue weighted by atomic mass is 9.87. The molecule has 6 nitrogen and oxygen atoms in total. The predicted molar refractivity (Wildman–Crippen MR) is 103 cm³/mol. The number of hydrogen-bond donors (Lipinski definition) is 3. The van der Waals surface area contributed by atoms with Crippen LogP contribution in [0.4, 0.5) is 5.69 Å². The predicted octanol–water partition coefficient (Wildman–Crippen LogP) is 2.26. The van der Waals surface area contributed by atoms with Crippen molar-refractivity contribution in [3.63, 3.8) is 0 Å². The highest BCUT2D eigenvalue weighted by Gasteiger charge is 2.27. The average Bonchev–Trinajstić information content (AvgIpc) is 2.56. The van der Waals surface area contributed by atoms with Crippen LogP contribution in [0.5, 0.6) is 0 Å². The zero-order chi connectivity index (χ0) is 18.7. The van der Waals surface area contributed by atoms with E-state index in [2.05, 4.69) is 17.0 Å². The second kappa shape index (κ2) is 7.96. The fourth-order valence-electron chi connectivity index (χ4n) is 4.07. The molecule has 1 unspecified atom stereocenters. The fraction of sp³-hybridized carbons (Fsp3) is 0.632. The molecule has 0 radical (unpaired) electrons. The van der Waals surface area contributed by atoms with Crippen molar-refractivity contribution < 1.29 is 13.2 Å². The molecular formula is C19H29N3O3S. The molecule has 1 aromatic carbocycles. The Hall–Kier alpha value is -1.60. The molecule has 1 amide bonds. The van der Waals surface area contributed by atoms with Crippen LogP contribution in [0.25, 0.3) is 0 Å². The number of hydrogen-bond acceptors (Lipinski definition) is 4. The van der Waals surface area contributed by atoms with Gasteiger partial charge < -0.3 is 11.1 Å². The van der Waals surface area contributed by atoms with Crippen molar-refractivity contribution in [2.24, 2.45) is 5.92 Å². The summed E-state index contributed by atoms with van der Waals surface area (Å²) in [7, 11) is -3.61. The molecule has 3 rings (SSSR count). The Morgan fingerprint density at radius 1 is 1.19 bits per heavy atom. The van der Waals surface area contributed by atoms with E-state index in [1.54, 1.807) is 0 Å². The number of nitrogens with one attached hydrogen (secondary N) is 2. The smallest absolute Gasteiger partial charge is 0.237 e. The number of fused-ring (bicyclic) bond motifs is 1. The van der Waals surface area contributed by atoms with Gasteiger partial charge in [-0.25, -0.2) is 13.1 Å². The number of benzene rings is 1. The number of aryl methyl sites for hydroxylation is 1. The van der Waals surface area contributed by atoms with Gasteiger partial charge in [0.05, 0.1) is 6.04 Å². The van der Waals surface area contributed by atoms with Crippen LogP contribution in [0, 0.1) is 5.92 Å². The summed E-state index contributed by atoms with van der Waals surface area (Å²) >= 11 is 0. The topological polar surface area (TPSA) is 101 Å². The highest BCUT2D eigenvalue weighted by atomic mass is 32.2. The van der Waals surface area contributed by atoms with Gasteiger partial charge in [0.2, 0.25) is 15.9 Å². The zero-order valence-corrected chi connectivity index (χ0v) is 16.1. The third kappa shape index (κ3) is 4.98. The Morgan fingerprint density at radius 2 is 1.92 bits per heavy atom. The summed E-state index contributed by atoms with van der Waals surface area (Å²) in [4.78, 5) is 12.3. The maximum atomic E-state index is 12.3. The average molecular weight is 380 g/mol. The lowest BCUT2D eigenvalue weighted by Gasteiger charge is -2.28. The second-order valence-corrected chi connectivity index (χ2v) is 9.56. The first-order valence-corrected chi connectivity index (χ1v) is 11.2. The van der Waals surface area contributed by atoms with Gasteiger partial charge in [-0.05, 0) is 74.1 Å². The van der Waals surface area contributed by atoms with E-state index in [-0.39, 0.29) is 12.1 Å². The molecular weight excluding hydrogens is 350 g/mol. The molecule has 0 heterocycles. The molecule has 4 N–H and O–H groups in total. The Balaban J connectivity index is 1.57. The van der Waals surface area contributed by atoms with Crippen LogP contribution in [0.3, 0.4) is 0 Å². The Morgan fingerprint density at radius 3 is 2.65 bits per heavy atom. The number of sulfonamides is 1. The lowest BCUT2D eigenvalue weighted by Crippen LogP contribution is -2.43. The van der Waals surface area contributed by atoms with Crippen molar-refractivity contribution in [1.82, 2.24) is 10.0 Å². The number of anilines is 1. The first kappa shape index (κ1) is 19.2. The van der Waals surface area contributed by atoms with Crippen molar-refractivity contribution in [3.05, 3.63) is 29.3 Å². The minimum absolute atomic E-state index is 0.0395. The maximum absolute atomic E-state index is 12.3. The Kier molecular flexibility index (Phi) is 5.87. The second-order valence-electron chi connectivity index (χ2n) is 7.80. The van der Waals surface area contributed by atoms with Gasteiger partial charge in [0.15, 0.2) is 0 Å². The number of amides is 1. The number of carbonyl (C=O) groups is 1. The Labute approximate surface area is 156 Å². The van der Waals surface area contributed by atoms with Crippen molar-refractivity contribution in [2.45, 2.75) is 64.0 Å². The third-order valence-corrected chi connectivity index (χ3v) is 6.83. The molecule has 1 fully saturated rings. The van der Waals surface area contributed by atoms with Crippen molar-refractivity contribution in [1.29, 1.82) is 0 Å². The summed E-state index contributed by atoms with van der Waals surface area (Å²) in [6.07, 6.45) is 6.46. The van der Waals surface area contributed by atoms with Crippen molar-refractivity contribution >= 4 is 21.6 Å². The van der Waals surface area contributed by atoms with Gasteiger partial charge >= 0.3 is 0 Å². The van der Waals surface area contributed by atoms with E-state index in [0.717, 1.165) is 56.1 Å². The maximum Gasteiger partial charge on any atom is 0.237 e. The molecule has 0 spiro atoms. The third-order valence-electron chi connectivity index (χ3n) is 5.50. The molecule has 2 aliphatic rings. The van der Waals surface area contributed by atoms with E-state index >= 15 is 0 Å². The SMILES string of the molecule is CC1CCC(NS(=O)(=O)CC(=O)NC2CCCc3cc(N)ccc32)CC1. The number of carbonyl (C=O) groups excluding carboxylic acids is 1. The number of nitrogens with two attached hydrogens (primary N) is 1. The van der Waals surface area contributed by atoms with Crippen LogP contribution in [0.2, 0.25) is 0 Å². The molecule has 2 aliphatic carbocycles. The summed E-state index contributed by atoms with van der Waals surface area (Å²) in [5.74, 6) is -0.310. The van der Waals surface area contributed by atoms with Gasteiger partial charge in [0.25, 0.3) is 0 Å². The Bertz CT molecular complexity index is 755. The summed E-state index contributed by atoms with van der Waals surface area (Å²) in [6, 6.07) is 5.52. The van der Waals surface area contributed by atoms with E-state index in [4.69, 9.17) is 5.73 Å². The highest BCUT2D eigenvalue weighted by molar-refractivity contribution is 7.90. The molecule has 0 aliphatic heterocycles. The van der Waals surface area contributed by atoms with Crippen LogP contribution in [0.1, 0.15) is 62.6 Å². The largest absolute Gasteiger partial charge is 0.399 e. The van der Waals surface area contributed by atoms with Gasteiger partial charge in [-0.1, -0.05) is 13.0 Å². The summed E-state index contributed by atoms with van der Waals surface area (Å²) in [5, 5.41) is 2.90. The quantitative estimate of drug-likeness (QED) is 0.683. The standard InChI is InChI=1S/C19H29N3O3S/c1-13-5-8-16(9-6-13)22-26(24,25)12-19(23)21-18-4-2-3-14-11-15(20)7-10-17(14)18/h7,10-11,13,16,18,22H,2-6,8-9,12,20H2,1H3,(H,21,23). The molecule has 1 saturated carbocycles. The van der Waals surface area contributed by atoms with Crippen LogP contribution >= 0.6 is 0 Å². The summed E-state index contributed by atoms with van der Waals surface area (Å²) in [5.41, 5.74) is 8.73. The van der Waals surface area contributed by atoms with E-state index in [1.165, 1.54) is 0 Å². The lowest BCUT2D eigenvalue weighted by molar-refractivity contribution is -0.119. The van der Waals surface area contributed by atoms with Crippen molar-refractivity contribution in [2.75, 3.05) is 11.5 Å². The monoisotopic (exact) mass is 379 g/mol. The van der Waals surface area contributed by atoms with E-state index in [1.807, 2.05) is 18.2 Å². The van der Waals surface area contributed by atoms with E-state index in [9.17, 15) is 13.2 Å². The molecule has 0 bridgehead atoms. The van der Waals surface area contributed by atoms with Gasteiger partial charge in [0, 0.05) is 11.7 Å². The van der Waals surface area contributed by atoms with Gasteiger partial charge in [-0.2, -0.15) is 0 Å². The minimum Gasteiger partial charge on any atom is -0.399 e. The molecule has 7 heteroatoms. The number of rotatable bonds is 5.